The quantitative estimate of drug-likeness (QED) is 0.532. The second-order valence-corrected chi connectivity index (χ2v) is 9.83. The minimum Gasteiger partial charge on any atom is -0.367 e. The molecule has 2 aromatic carbocycles. The number of carbonyl (C=O) groups is 3. The van der Waals surface area contributed by atoms with Gasteiger partial charge in [0.05, 0.1) is 17.3 Å². The predicted octanol–water partition coefficient (Wildman–Crippen LogP) is 2.26. The maximum absolute atomic E-state index is 15.1. The molecule has 0 aliphatic carbocycles. The van der Waals surface area contributed by atoms with E-state index in [4.69, 9.17) is 5.26 Å². The molecule has 3 aliphatic rings. The van der Waals surface area contributed by atoms with Crippen LogP contribution in [0.1, 0.15) is 40.0 Å². The van der Waals surface area contributed by atoms with Gasteiger partial charge in [-0.3, -0.25) is 24.6 Å². The molecule has 2 fully saturated rings. The fourth-order valence-electron chi connectivity index (χ4n) is 5.55. The van der Waals surface area contributed by atoms with Gasteiger partial charge in [0, 0.05) is 62.5 Å². The number of piperidine rings is 1. The van der Waals surface area contributed by atoms with Crippen LogP contribution < -0.4 is 10.2 Å². The molecule has 0 saturated carbocycles. The average molecular weight is 501 g/mol. The molecule has 1 aromatic heterocycles. The second kappa shape index (κ2) is 9.01. The van der Waals surface area contributed by atoms with Crippen molar-refractivity contribution in [2.45, 2.75) is 32.0 Å². The maximum atomic E-state index is 15.1. The lowest BCUT2D eigenvalue weighted by molar-refractivity contribution is -0.136. The van der Waals surface area contributed by atoms with Crippen molar-refractivity contribution in [1.82, 2.24) is 20.1 Å². The molecule has 6 rings (SSSR count). The van der Waals surface area contributed by atoms with Gasteiger partial charge in [0.25, 0.3) is 5.91 Å². The fraction of sp³-hybridized carbons (Fsp3) is 0.333. The second-order valence-electron chi connectivity index (χ2n) is 9.83. The smallest absolute Gasteiger partial charge is 0.255 e. The molecular weight excluding hydrogens is 475 g/mol. The number of nitrogens with zero attached hydrogens (tertiary/aromatic N) is 4. The Hall–Kier alpha value is -4.23. The van der Waals surface area contributed by atoms with Gasteiger partial charge in [-0.2, -0.15) is 5.26 Å². The SMILES string of the molecule is N#Cc1ccc2cc(CN3CCN(c4cc5c(cc4F)C(=O)N(C4CCC(=O)NC4=O)C5)CC3)[nH]c2c1. The number of amides is 3. The van der Waals surface area contributed by atoms with E-state index in [1.807, 2.05) is 23.1 Å². The number of carbonyl (C=O) groups excluding carboxylic acids is 3. The van der Waals surface area contributed by atoms with E-state index < -0.39 is 17.8 Å². The van der Waals surface area contributed by atoms with Crippen LogP contribution in [0.15, 0.2) is 36.4 Å². The van der Waals surface area contributed by atoms with Gasteiger partial charge >= 0.3 is 0 Å². The highest BCUT2D eigenvalue weighted by molar-refractivity contribution is 6.05. The molecule has 1 atom stereocenters. The summed E-state index contributed by atoms with van der Waals surface area (Å²) in [4.78, 5) is 45.8. The number of anilines is 1. The Morgan fingerprint density at radius 2 is 1.86 bits per heavy atom. The first-order valence-corrected chi connectivity index (χ1v) is 12.4. The van der Waals surface area contributed by atoms with Crippen LogP contribution in [0.25, 0.3) is 10.9 Å². The van der Waals surface area contributed by atoms with Crippen LogP contribution >= 0.6 is 0 Å². The van der Waals surface area contributed by atoms with Gasteiger partial charge in [-0.1, -0.05) is 6.07 Å². The summed E-state index contributed by atoms with van der Waals surface area (Å²) in [5, 5.41) is 12.5. The minimum absolute atomic E-state index is 0.180. The highest BCUT2D eigenvalue weighted by Crippen LogP contribution is 2.33. The molecule has 2 N–H and O–H groups in total. The van der Waals surface area contributed by atoms with Crippen LogP contribution in [-0.2, 0) is 22.7 Å². The Balaban J connectivity index is 1.12. The topological polar surface area (TPSA) is 113 Å². The number of piperazine rings is 1. The number of H-pyrrole nitrogens is 1. The summed E-state index contributed by atoms with van der Waals surface area (Å²) in [7, 11) is 0. The van der Waals surface area contributed by atoms with E-state index in [1.165, 1.54) is 11.0 Å². The number of aromatic amines is 1. The Morgan fingerprint density at radius 3 is 2.62 bits per heavy atom. The van der Waals surface area contributed by atoms with Crippen molar-refractivity contribution in [2.24, 2.45) is 0 Å². The number of nitrogens with one attached hydrogen (secondary N) is 2. The summed E-state index contributed by atoms with van der Waals surface area (Å²) in [6, 6.07) is 12.1. The third-order valence-corrected chi connectivity index (χ3v) is 7.51. The lowest BCUT2D eigenvalue weighted by atomic mass is 10.0. The largest absolute Gasteiger partial charge is 0.367 e. The lowest BCUT2D eigenvalue weighted by Crippen LogP contribution is -2.52. The van der Waals surface area contributed by atoms with Gasteiger partial charge in [0.1, 0.15) is 11.9 Å². The van der Waals surface area contributed by atoms with Crippen LogP contribution in [0.4, 0.5) is 10.1 Å². The van der Waals surface area contributed by atoms with E-state index in [2.05, 4.69) is 27.3 Å². The molecule has 0 spiro atoms. The standard InChI is InChI=1S/C27H25FN6O3/c28-21-12-20-18(14-34(27(20)37)23-3-4-25(35)31-26(23)36)11-24(21)33-7-5-32(6-8-33)15-19-10-17-2-1-16(13-29)9-22(17)30-19/h1-2,9-12,23,30H,3-8,14-15H2,(H,31,35,36). The van der Waals surface area contributed by atoms with E-state index in [1.54, 1.807) is 6.07 Å². The van der Waals surface area contributed by atoms with Crippen molar-refractivity contribution < 1.29 is 18.8 Å². The van der Waals surface area contributed by atoms with Gasteiger partial charge in [0.2, 0.25) is 11.8 Å². The van der Waals surface area contributed by atoms with E-state index in [0.717, 1.165) is 36.2 Å². The van der Waals surface area contributed by atoms with Crippen LogP contribution in [-0.4, -0.2) is 64.7 Å². The van der Waals surface area contributed by atoms with Crippen LogP contribution in [0, 0.1) is 17.1 Å². The first-order valence-electron chi connectivity index (χ1n) is 12.4. The van der Waals surface area contributed by atoms with Gasteiger partial charge in [-0.15, -0.1) is 0 Å². The molecule has 1 unspecified atom stereocenters. The number of halogens is 1. The van der Waals surface area contributed by atoms with Crippen molar-refractivity contribution in [3.05, 3.63) is 64.6 Å². The number of aromatic nitrogens is 1. The third kappa shape index (κ3) is 4.21. The van der Waals surface area contributed by atoms with Crippen LogP contribution in [0.2, 0.25) is 0 Å². The van der Waals surface area contributed by atoms with Crippen molar-refractivity contribution in [2.75, 3.05) is 31.1 Å². The van der Waals surface area contributed by atoms with E-state index in [9.17, 15) is 14.4 Å². The number of hydrogen-bond donors (Lipinski definition) is 2. The first kappa shape index (κ1) is 23.2. The predicted molar refractivity (Wildman–Crippen MR) is 133 cm³/mol. The zero-order valence-electron chi connectivity index (χ0n) is 20.1. The highest BCUT2D eigenvalue weighted by atomic mass is 19.1. The molecule has 2 saturated heterocycles. The minimum atomic E-state index is -0.719. The number of hydrogen-bond acceptors (Lipinski definition) is 6. The molecule has 3 amide bonds. The molecule has 3 aromatic rings. The number of benzene rings is 2. The Morgan fingerprint density at radius 1 is 1.05 bits per heavy atom. The van der Waals surface area contributed by atoms with Crippen molar-refractivity contribution >= 4 is 34.3 Å². The van der Waals surface area contributed by atoms with Crippen LogP contribution in [0.5, 0.6) is 0 Å². The summed E-state index contributed by atoms with van der Waals surface area (Å²) >= 11 is 0. The summed E-state index contributed by atoms with van der Waals surface area (Å²) in [6.07, 6.45) is 0.456. The maximum Gasteiger partial charge on any atom is 0.255 e. The van der Waals surface area contributed by atoms with Crippen LogP contribution in [0.3, 0.4) is 0 Å². The number of nitriles is 1. The van der Waals surface area contributed by atoms with Crippen molar-refractivity contribution in [3.63, 3.8) is 0 Å². The molecule has 188 valence electrons. The number of fused-ring (bicyclic) bond motifs is 2. The third-order valence-electron chi connectivity index (χ3n) is 7.51. The summed E-state index contributed by atoms with van der Waals surface area (Å²) in [5.41, 5.74) is 4.06. The summed E-state index contributed by atoms with van der Waals surface area (Å²) < 4.78 is 15.1. The van der Waals surface area contributed by atoms with Gasteiger partial charge in [-0.05, 0) is 47.7 Å². The average Bonchev–Trinajstić information content (AvgIpc) is 3.43. The normalized spacial score (nSPS) is 20.3. The molecule has 37 heavy (non-hydrogen) atoms. The van der Waals surface area contributed by atoms with E-state index in [0.29, 0.717) is 29.9 Å². The summed E-state index contributed by atoms with van der Waals surface area (Å²) in [6.45, 7) is 3.72. The first-order chi connectivity index (χ1) is 17.9. The van der Waals surface area contributed by atoms with Gasteiger partial charge < -0.3 is 14.8 Å². The fourth-order valence-corrected chi connectivity index (χ4v) is 5.55. The lowest BCUT2D eigenvalue weighted by Gasteiger charge is -2.36. The zero-order valence-corrected chi connectivity index (χ0v) is 20.1. The molecule has 0 bridgehead atoms. The molecule has 9 nitrogen and oxygen atoms in total. The monoisotopic (exact) mass is 500 g/mol. The molecule has 0 radical (unpaired) electrons. The van der Waals surface area contributed by atoms with Crippen molar-refractivity contribution in [3.8, 4) is 6.07 Å². The molecular formula is C27H25FN6O3. The highest BCUT2D eigenvalue weighted by Gasteiger charge is 2.40. The molecule has 3 aliphatic heterocycles. The van der Waals surface area contributed by atoms with E-state index in [-0.39, 0.29) is 36.8 Å². The molecule has 4 heterocycles. The zero-order chi connectivity index (χ0) is 25.7. The Kier molecular flexibility index (Phi) is 5.65. The molecule has 10 heteroatoms. The van der Waals surface area contributed by atoms with E-state index >= 15 is 4.39 Å². The van der Waals surface area contributed by atoms with Crippen molar-refractivity contribution in [1.29, 1.82) is 5.26 Å². The number of rotatable bonds is 4. The summed E-state index contributed by atoms with van der Waals surface area (Å²) in [5.74, 6) is -1.64. The van der Waals surface area contributed by atoms with Gasteiger partial charge in [-0.25, -0.2) is 4.39 Å². The van der Waals surface area contributed by atoms with Gasteiger partial charge in [0.15, 0.2) is 0 Å². The Bertz CT molecular complexity index is 1480. The number of imide groups is 1. The Labute approximate surface area is 212 Å².